The Hall–Kier alpha value is -5.58. The molecule has 0 unspecified atom stereocenters. The molecule has 0 spiro atoms. The number of unbranched alkanes of at least 4 members (excludes halogenated alkanes) is 1. The van der Waals surface area contributed by atoms with E-state index in [0.717, 1.165) is 22.3 Å². The Morgan fingerprint density at radius 3 is 1.31 bits per heavy atom. The fourth-order valence-electron chi connectivity index (χ4n) is 12.5. The Labute approximate surface area is 504 Å². The topological polar surface area (TPSA) is 235 Å². The molecule has 4 aliphatic heterocycles. The van der Waals surface area contributed by atoms with Gasteiger partial charge in [0, 0.05) is 40.2 Å². The number of carbonyl (C=O) groups is 8. The van der Waals surface area contributed by atoms with E-state index >= 15 is 0 Å². The Bertz CT molecular complexity index is 2620. The minimum Gasteiger partial charge on any atom is -0.444 e. The zero-order chi connectivity index (χ0) is 61.4. The molecule has 4 heterocycles. The highest BCUT2D eigenvalue weighted by molar-refractivity contribution is 8.00. The number of benzene rings is 2. The van der Waals surface area contributed by atoms with Gasteiger partial charge in [-0.05, 0) is 139 Å². The average molecular weight is 1200 g/mol. The highest BCUT2D eigenvalue weighted by atomic mass is 32.2. The SMILES string of the molecule is C[C@@H](C(=O)N[C@H]1CCS[C@H]2CC(C)(C)[C@@H](C(=O)N[C@H]3c4ccccc4C[C@H]3OCCCCO[C@@H]3Cc4ccccc4[C@@H]3NC(=O)[C@H]3N4C(=O)[C@@H](NC(=O)[C@H](C)N(C)C(=O)OC(C)(C)C)CCS[C@H]4CC3(C)C)N2C1=O)N(C)C(=O)OC(C)(C)C. The summed E-state index contributed by atoms with van der Waals surface area (Å²) in [5.41, 5.74) is 1.35. The number of fused-ring (bicyclic) bond motifs is 4. The van der Waals surface area contributed by atoms with Crippen molar-refractivity contribution in [1.82, 2.24) is 40.9 Å². The molecule has 0 saturated carbocycles. The number of nitrogens with zero attached hydrogens (tertiary/aromatic N) is 4. The van der Waals surface area contributed by atoms with Gasteiger partial charge in [-0.2, -0.15) is 0 Å². The lowest BCUT2D eigenvalue weighted by atomic mass is 9.83. The molecule has 0 bridgehead atoms. The van der Waals surface area contributed by atoms with Crippen molar-refractivity contribution in [1.29, 1.82) is 0 Å². The van der Waals surface area contributed by atoms with E-state index in [-0.39, 0.29) is 46.6 Å². The van der Waals surface area contributed by atoms with Gasteiger partial charge in [0.25, 0.3) is 0 Å². The van der Waals surface area contributed by atoms with Crippen molar-refractivity contribution >= 4 is 71.2 Å². The fourth-order valence-corrected chi connectivity index (χ4v) is 15.7. The smallest absolute Gasteiger partial charge is 0.410 e. The van der Waals surface area contributed by atoms with Gasteiger partial charge in [0.15, 0.2) is 0 Å². The molecule has 4 saturated heterocycles. The van der Waals surface area contributed by atoms with E-state index in [4.69, 9.17) is 18.9 Å². The van der Waals surface area contributed by atoms with E-state index in [1.165, 1.54) is 23.9 Å². The maximum Gasteiger partial charge on any atom is 0.410 e. The number of hydrogen-bond acceptors (Lipinski definition) is 14. The van der Waals surface area contributed by atoms with Crippen LogP contribution in [0, 0.1) is 10.8 Å². The zero-order valence-electron chi connectivity index (χ0n) is 51.5. The van der Waals surface area contributed by atoms with Crippen molar-refractivity contribution in [2.75, 3.05) is 38.8 Å². The normalized spacial score (nSPS) is 27.6. The first kappa shape index (κ1) is 64.4. The molecule has 0 radical (unpaired) electrons. The van der Waals surface area contributed by atoms with Gasteiger partial charge in [0.2, 0.25) is 35.4 Å². The van der Waals surface area contributed by atoms with Crippen molar-refractivity contribution in [3.8, 4) is 0 Å². The monoisotopic (exact) mass is 1200 g/mol. The minimum absolute atomic E-state index is 0.271. The summed E-state index contributed by atoms with van der Waals surface area (Å²) in [6.07, 6.45) is 2.32. The predicted octanol–water partition coefficient (Wildman–Crippen LogP) is 7.02. The molecule has 84 heavy (non-hydrogen) atoms. The maximum absolute atomic E-state index is 14.8. The van der Waals surface area contributed by atoms with E-state index < -0.39 is 94.4 Å². The Kier molecular flexibility index (Phi) is 19.8. The number of hydrogen-bond donors (Lipinski definition) is 4. The van der Waals surface area contributed by atoms with Crippen molar-refractivity contribution in [3.63, 3.8) is 0 Å². The summed E-state index contributed by atoms with van der Waals surface area (Å²) in [5, 5.41) is 11.9. The lowest BCUT2D eigenvalue weighted by molar-refractivity contribution is -0.144. The molecule has 0 aromatic heterocycles. The van der Waals surface area contributed by atoms with E-state index in [9.17, 15) is 38.4 Å². The van der Waals surface area contributed by atoms with Crippen molar-refractivity contribution in [2.24, 2.45) is 10.8 Å². The number of thioether (sulfide) groups is 2. The van der Waals surface area contributed by atoms with Crippen LogP contribution in [0.25, 0.3) is 0 Å². The molecule has 8 amide bonds. The minimum atomic E-state index is -0.921. The van der Waals surface area contributed by atoms with Crippen LogP contribution in [0.3, 0.4) is 0 Å². The third-order valence-corrected chi connectivity index (χ3v) is 19.7. The predicted molar refractivity (Wildman–Crippen MR) is 321 cm³/mol. The first-order chi connectivity index (χ1) is 39.4. The van der Waals surface area contributed by atoms with Crippen molar-refractivity contribution in [2.45, 2.75) is 217 Å². The molecular formula is C62H90N8O12S2. The van der Waals surface area contributed by atoms with Crippen LogP contribution in [-0.2, 0) is 60.6 Å². The molecule has 20 nitrogen and oxygen atoms in total. The summed E-state index contributed by atoms with van der Waals surface area (Å²) < 4.78 is 24.2. The van der Waals surface area contributed by atoms with Crippen LogP contribution >= 0.6 is 23.5 Å². The summed E-state index contributed by atoms with van der Waals surface area (Å²) in [6.45, 7) is 22.5. The molecule has 462 valence electrons. The van der Waals surface area contributed by atoms with Crippen LogP contribution in [0.5, 0.6) is 0 Å². The standard InChI is InChI=1S/C62H90N8O12S2/c1-35(67(13)57(77)81-59(3,4)5)51(71)63-41-25-29-83-45-33-61(9,10)49(69(45)55(41)75)53(73)65-47-39-23-17-15-21-37(39)31-43(47)79-27-19-20-28-80-44-32-38-22-16-18-24-40(38)48(44)66-54(74)50-62(11,12)34-46-70(50)56(76)42(26-30-84-46)64-52(72)36(2)68(14)58(78)82-60(6,7)8/h15-18,21-24,35-36,41-50H,19-20,25-34H2,1-14H3,(H,63,71)(H,64,72)(H,65,73)(H,66,74)/t35-,36-,41-,42-,43+,44+,45-,46-,47-,48-,49+,50+/m0/s1. The van der Waals surface area contributed by atoms with Gasteiger partial charge < -0.3 is 50.0 Å². The van der Waals surface area contributed by atoms with Crippen LogP contribution in [0.15, 0.2) is 48.5 Å². The van der Waals surface area contributed by atoms with Crippen LogP contribution in [0.4, 0.5) is 9.59 Å². The number of carbonyl (C=O) groups excluding carboxylic acids is 8. The van der Waals surface area contributed by atoms with Crippen LogP contribution in [-0.4, -0.2) is 176 Å². The fraction of sp³-hybridized carbons (Fsp3) is 0.677. The second-order valence-electron chi connectivity index (χ2n) is 26.9. The van der Waals surface area contributed by atoms with Crippen molar-refractivity contribution in [3.05, 3.63) is 70.8 Å². The van der Waals surface area contributed by atoms with E-state index in [2.05, 4.69) is 21.3 Å². The van der Waals surface area contributed by atoms with Gasteiger partial charge in [0.1, 0.15) is 47.5 Å². The van der Waals surface area contributed by atoms with E-state index in [1.54, 1.807) is 88.7 Å². The summed E-state index contributed by atoms with van der Waals surface area (Å²) >= 11 is 3.22. The van der Waals surface area contributed by atoms with Gasteiger partial charge in [-0.1, -0.05) is 76.2 Å². The summed E-state index contributed by atoms with van der Waals surface area (Å²) in [7, 11) is 2.97. The van der Waals surface area contributed by atoms with Crippen molar-refractivity contribution < 1.29 is 57.3 Å². The van der Waals surface area contributed by atoms with Gasteiger partial charge in [-0.15, -0.1) is 23.5 Å². The third-order valence-electron chi connectivity index (χ3n) is 17.2. The Morgan fingerprint density at radius 2 is 0.952 bits per heavy atom. The largest absolute Gasteiger partial charge is 0.444 e. The summed E-state index contributed by atoms with van der Waals surface area (Å²) in [4.78, 5) is 118. The molecule has 2 aliphatic carbocycles. The van der Waals surface area contributed by atoms with Crippen LogP contribution in [0.2, 0.25) is 0 Å². The summed E-state index contributed by atoms with van der Waals surface area (Å²) in [6, 6.07) is 9.69. The molecule has 8 rings (SSSR count). The number of ether oxygens (including phenoxy) is 4. The number of rotatable bonds is 17. The third kappa shape index (κ3) is 14.5. The summed E-state index contributed by atoms with van der Waals surface area (Å²) in [5.74, 6) is -1.05. The average Bonchev–Trinajstić information content (AvgIpc) is 1.89. The molecule has 2 aromatic rings. The van der Waals surface area contributed by atoms with Crippen LogP contribution in [0.1, 0.15) is 156 Å². The highest BCUT2D eigenvalue weighted by Gasteiger charge is 2.57. The zero-order valence-corrected chi connectivity index (χ0v) is 53.2. The number of amides is 8. The lowest BCUT2D eigenvalue weighted by Gasteiger charge is -2.35. The van der Waals surface area contributed by atoms with Gasteiger partial charge >= 0.3 is 12.2 Å². The first-order valence-corrected chi connectivity index (χ1v) is 31.9. The Balaban J connectivity index is 0.872. The maximum atomic E-state index is 14.8. The molecular weight excluding hydrogens is 1110 g/mol. The number of likely N-dealkylation sites (N-methyl/N-ethyl adjacent to an activating group) is 2. The second kappa shape index (κ2) is 25.8. The highest BCUT2D eigenvalue weighted by Crippen LogP contribution is 2.49. The second-order valence-corrected chi connectivity index (χ2v) is 29.4. The first-order valence-electron chi connectivity index (χ1n) is 29.8. The molecule has 4 N–H and O–H groups in total. The molecule has 4 fully saturated rings. The molecule has 12 atom stereocenters. The number of nitrogens with one attached hydrogen (secondary N) is 4. The Morgan fingerprint density at radius 1 is 0.595 bits per heavy atom. The lowest BCUT2D eigenvalue weighted by Crippen LogP contribution is -2.58. The van der Waals surface area contributed by atoms with E-state index in [0.29, 0.717) is 76.1 Å². The van der Waals surface area contributed by atoms with Gasteiger partial charge in [-0.25, -0.2) is 9.59 Å². The molecule has 2 aromatic carbocycles. The van der Waals surface area contributed by atoms with Crippen LogP contribution < -0.4 is 21.3 Å². The van der Waals surface area contributed by atoms with Gasteiger partial charge in [-0.3, -0.25) is 38.6 Å². The van der Waals surface area contributed by atoms with E-state index in [1.807, 2.05) is 76.2 Å². The quantitative estimate of drug-likeness (QED) is 0.117. The molecule has 22 heteroatoms. The van der Waals surface area contributed by atoms with Gasteiger partial charge in [0.05, 0.1) is 35.0 Å². The molecule has 6 aliphatic rings.